The fourth-order valence-electron chi connectivity index (χ4n) is 1.63. The van der Waals surface area contributed by atoms with Crippen molar-refractivity contribution in [2.75, 3.05) is 7.11 Å². The fourth-order valence-corrected chi connectivity index (χ4v) is 1.87. The second-order valence-corrected chi connectivity index (χ2v) is 6.18. The Balaban J connectivity index is 4.45. The molecule has 1 amide bonds. The molecule has 0 aliphatic carbocycles. The van der Waals surface area contributed by atoms with Crippen LogP contribution in [0.25, 0.3) is 0 Å². The molecule has 0 aliphatic rings. The highest BCUT2D eigenvalue weighted by Crippen LogP contribution is 2.11. The Bertz CT molecular complexity index is 424. The summed E-state index contributed by atoms with van der Waals surface area (Å²) in [4.78, 5) is 23.4. The second-order valence-electron chi connectivity index (χ2n) is 5.74. The van der Waals surface area contributed by atoms with Crippen LogP contribution in [0.5, 0.6) is 0 Å². The Hall–Kier alpha value is -1.49. The third kappa shape index (κ3) is 10.3. The van der Waals surface area contributed by atoms with Gasteiger partial charge in [-0.05, 0) is 53.0 Å². The molecule has 6 heteroatoms. The lowest BCUT2D eigenvalue weighted by atomic mass is 10.1. The second kappa shape index (κ2) is 10.3. The number of allylic oxidation sites excluding steroid dienone is 4. The average molecular weight is 332 g/mol. The molecule has 1 unspecified atom stereocenters. The number of alkyl carbamates (subject to hydrolysis) is 1. The quantitative estimate of drug-likeness (QED) is 0.436. The zero-order chi connectivity index (χ0) is 17.2. The van der Waals surface area contributed by atoms with Crippen LogP contribution in [0.3, 0.4) is 0 Å². The summed E-state index contributed by atoms with van der Waals surface area (Å²) < 4.78 is 9.84. The molecule has 0 fully saturated rings. The highest BCUT2D eigenvalue weighted by Gasteiger charge is 2.24. The first kappa shape index (κ1) is 20.5. The van der Waals surface area contributed by atoms with Crippen LogP contribution in [0.2, 0.25) is 0 Å². The normalized spacial score (nSPS) is 13.8. The Morgan fingerprint density at radius 2 is 1.95 bits per heavy atom. The lowest BCUT2D eigenvalue weighted by Crippen LogP contribution is -2.44. The molecule has 1 atom stereocenters. The van der Waals surface area contributed by atoms with Gasteiger partial charge in [0, 0.05) is 5.03 Å². The van der Waals surface area contributed by atoms with Crippen LogP contribution in [-0.4, -0.2) is 30.8 Å². The third-order valence-corrected chi connectivity index (χ3v) is 2.82. The fraction of sp³-hybridized carbons (Fsp3) is 0.625. The van der Waals surface area contributed by atoms with Crippen LogP contribution in [-0.2, 0) is 14.3 Å². The number of carbonyl (C=O) groups is 2. The van der Waals surface area contributed by atoms with Gasteiger partial charge in [0.05, 0.1) is 7.11 Å². The van der Waals surface area contributed by atoms with Crippen molar-refractivity contribution >= 4 is 23.7 Å². The number of amides is 1. The Morgan fingerprint density at radius 3 is 2.45 bits per heavy atom. The Labute approximate surface area is 137 Å². The van der Waals surface area contributed by atoms with E-state index in [1.807, 2.05) is 19.1 Å². The van der Waals surface area contributed by atoms with Crippen LogP contribution in [0.15, 0.2) is 23.3 Å². The van der Waals surface area contributed by atoms with Gasteiger partial charge in [0.2, 0.25) is 0 Å². The third-order valence-electron chi connectivity index (χ3n) is 2.54. The molecule has 0 aliphatic heterocycles. The number of rotatable bonds is 7. The monoisotopic (exact) mass is 331 g/mol. The van der Waals surface area contributed by atoms with Gasteiger partial charge in [-0.1, -0.05) is 23.8 Å². The van der Waals surface area contributed by atoms with E-state index in [9.17, 15) is 9.59 Å². The van der Waals surface area contributed by atoms with Crippen molar-refractivity contribution < 1.29 is 19.1 Å². The van der Waals surface area contributed by atoms with E-state index in [0.717, 1.165) is 0 Å². The zero-order valence-corrected chi connectivity index (χ0v) is 14.7. The largest absolute Gasteiger partial charge is 0.467 e. The van der Waals surface area contributed by atoms with E-state index in [1.54, 1.807) is 26.8 Å². The number of unbranched alkanes of at least 4 members (excludes halogenated alkanes) is 1. The first-order chi connectivity index (χ1) is 10.2. The van der Waals surface area contributed by atoms with Crippen molar-refractivity contribution in [2.24, 2.45) is 0 Å². The van der Waals surface area contributed by atoms with Crippen molar-refractivity contribution in [2.45, 2.75) is 58.6 Å². The first-order valence-electron chi connectivity index (χ1n) is 7.25. The summed E-state index contributed by atoms with van der Waals surface area (Å²) >= 11 is 5.94. The maximum absolute atomic E-state index is 11.7. The van der Waals surface area contributed by atoms with Crippen LogP contribution in [0, 0.1) is 0 Å². The minimum Gasteiger partial charge on any atom is -0.467 e. The van der Waals surface area contributed by atoms with Gasteiger partial charge in [-0.15, -0.1) is 0 Å². The number of nitrogens with one attached hydrogen (secondary N) is 1. The minimum absolute atomic E-state index is 0.447. The van der Waals surface area contributed by atoms with Gasteiger partial charge >= 0.3 is 12.1 Å². The molecule has 0 bridgehead atoms. The lowest BCUT2D eigenvalue weighted by molar-refractivity contribution is -0.143. The molecule has 5 nitrogen and oxygen atoms in total. The molecule has 0 aromatic carbocycles. The molecule has 0 spiro atoms. The molecular weight excluding hydrogens is 306 g/mol. The molecule has 126 valence electrons. The maximum atomic E-state index is 11.7. The van der Waals surface area contributed by atoms with Gasteiger partial charge in [-0.3, -0.25) is 0 Å². The van der Waals surface area contributed by atoms with E-state index in [4.69, 9.17) is 21.1 Å². The summed E-state index contributed by atoms with van der Waals surface area (Å²) in [5.41, 5.74) is -0.618. The topological polar surface area (TPSA) is 64.6 Å². The Morgan fingerprint density at radius 1 is 1.32 bits per heavy atom. The first-order valence-corrected chi connectivity index (χ1v) is 7.63. The molecular formula is C16H26ClNO4. The van der Waals surface area contributed by atoms with Crippen molar-refractivity contribution in [1.82, 2.24) is 5.32 Å². The van der Waals surface area contributed by atoms with Gasteiger partial charge in [-0.25, -0.2) is 9.59 Å². The van der Waals surface area contributed by atoms with E-state index < -0.39 is 23.7 Å². The molecule has 0 rings (SSSR count). The minimum atomic E-state index is -0.728. The highest BCUT2D eigenvalue weighted by molar-refractivity contribution is 6.31. The molecule has 0 aromatic heterocycles. The van der Waals surface area contributed by atoms with Crippen LogP contribution < -0.4 is 5.32 Å². The number of ether oxygens (including phenoxy) is 2. The van der Waals surface area contributed by atoms with Gasteiger partial charge in [0.1, 0.15) is 11.6 Å². The zero-order valence-electron chi connectivity index (χ0n) is 13.9. The van der Waals surface area contributed by atoms with Crippen LogP contribution in [0.4, 0.5) is 4.79 Å². The number of hydrogen-bond acceptors (Lipinski definition) is 4. The average Bonchev–Trinajstić information content (AvgIpc) is 2.39. The highest BCUT2D eigenvalue weighted by atomic mass is 35.5. The summed E-state index contributed by atoms with van der Waals surface area (Å²) in [7, 11) is 1.29. The van der Waals surface area contributed by atoms with Gasteiger partial charge < -0.3 is 14.8 Å². The SMILES string of the molecule is C/C=C\C(Cl)=C/CCCC(NC(=O)OC(C)(C)C)C(=O)OC. The summed E-state index contributed by atoms with van der Waals surface area (Å²) in [5, 5.41) is 3.18. The van der Waals surface area contributed by atoms with Crippen LogP contribution in [0.1, 0.15) is 47.0 Å². The smallest absolute Gasteiger partial charge is 0.408 e. The number of methoxy groups -OCH3 is 1. The Kier molecular flexibility index (Phi) is 9.58. The van der Waals surface area contributed by atoms with Gasteiger partial charge in [0.15, 0.2) is 0 Å². The van der Waals surface area contributed by atoms with Gasteiger partial charge in [-0.2, -0.15) is 0 Å². The molecule has 0 heterocycles. The van der Waals surface area contributed by atoms with Crippen molar-refractivity contribution in [3.8, 4) is 0 Å². The van der Waals surface area contributed by atoms with Crippen LogP contribution >= 0.6 is 11.6 Å². The predicted molar refractivity (Wildman–Crippen MR) is 87.8 cm³/mol. The van der Waals surface area contributed by atoms with E-state index >= 15 is 0 Å². The maximum Gasteiger partial charge on any atom is 0.408 e. The molecule has 0 radical (unpaired) electrons. The number of halogens is 1. The molecule has 22 heavy (non-hydrogen) atoms. The number of hydrogen-bond donors (Lipinski definition) is 1. The van der Waals surface area contributed by atoms with Crippen molar-refractivity contribution in [1.29, 1.82) is 0 Å². The van der Waals surface area contributed by atoms with Crippen molar-refractivity contribution in [3.05, 3.63) is 23.3 Å². The molecule has 1 N–H and O–H groups in total. The lowest BCUT2D eigenvalue weighted by Gasteiger charge is -2.22. The van der Waals surface area contributed by atoms with E-state index in [2.05, 4.69) is 5.32 Å². The number of esters is 1. The standard InChI is InChI=1S/C16H26ClNO4/c1-6-9-12(17)10-7-8-11-13(14(19)21-5)18-15(20)22-16(2,3)4/h6,9-10,13H,7-8,11H2,1-5H3,(H,18,20)/b9-6-,12-10+. The van der Waals surface area contributed by atoms with E-state index in [1.165, 1.54) is 7.11 Å². The summed E-state index contributed by atoms with van der Waals surface area (Å²) in [6, 6.07) is -0.728. The summed E-state index contributed by atoms with van der Waals surface area (Å²) in [5.74, 6) is -0.491. The van der Waals surface area contributed by atoms with Crippen molar-refractivity contribution in [3.63, 3.8) is 0 Å². The molecule has 0 aromatic rings. The van der Waals surface area contributed by atoms with E-state index in [-0.39, 0.29) is 0 Å². The molecule has 0 saturated carbocycles. The van der Waals surface area contributed by atoms with Gasteiger partial charge in [0.25, 0.3) is 0 Å². The summed E-state index contributed by atoms with van der Waals surface area (Å²) in [6.07, 6.45) is 6.70. The molecule has 0 saturated heterocycles. The predicted octanol–water partition coefficient (Wildman–Crippen LogP) is 3.92. The summed E-state index contributed by atoms with van der Waals surface area (Å²) in [6.45, 7) is 7.16. The van der Waals surface area contributed by atoms with E-state index in [0.29, 0.717) is 24.3 Å². The number of carbonyl (C=O) groups excluding carboxylic acids is 2.